The van der Waals surface area contributed by atoms with Crippen LogP contribution in [0.4, 0.5) is 0 Å². The number of sulfonamides is 1. The van der Waals surface area contributed by atoms with Gasteiger partial charge in [-0.2, -0.15) is 0 Å². The Morgan fingerprint density at radius 3 is 2.95 bits per heavy atom. The molecule has 2 heterocycles. The maximum absolute atomic E-state index is 12.5. The second-order valence-electron chi connectivity index (χ2n) is 4.90. The standard InChI is InChI=1S/C12H20N2O3S2/c1-8-7-18-11(6-13)12(8)19(15,16)14-10-3-4-17-9(2)5-10/h7,9-10,14H,3-6,13H2,1-2H3. The molecular formula is C12H20N2O3S2. The number of thiophene rings is 1. The molecule has 0 amide bonds. The van der Waals surface area contributed by atoms with E-state index in [2.05, 4.69) is 4.72 Å². The molecule has 0 radical (unpaired) electrons. The zero-order valence-corrected chi connectivity index (χ0v) is 12.8. The van der Waals surface area contributed by atoms with E-state index in [-0.39, 0.29) is 18.7 Å². The van der Waals surface area contributed by atoms with Crippen molar-refractivity contribution in [1.82, 2.24) is 4.72 Å². The highest BCUT2D eigenvalue weighted by Gasteiger charge is 2.28. The van der Waals surface area contributed by atoms with Crippen LogP contribution < -0.4 is 10.5 Å². The van der Waals surface area contributed by atoms with Crippen LogP contribution in [0.5, 0.6) is 0 Å². The first kappa shape index (κ1) is 14.9. The number of ether oxygens (including phenoxy) is 1. The van der Waals surface area contributed by atoms with Crippen LogP contribution in [0, 0.1) is 6.92 Å². The lowest BCUT2D eigenvalue weighted by Gasteiger charge is -2.27. The van der Waals surface area contributed by atoms with Gasteiger partial charge in [-0.05, 0) is 37.6 Å². The monoisotopic (exact) mass is 304 g/mol. The van der Waals surface area contributed by atoms with Crippen LogP contribution in [0.15, 0.2) is 10.3 Å². The van der Waals surface area contributed by atoms with Crippen molar-refractivity contribution in [3.63, 3.8) is 0 Å². The van der Waals surface area contributed by atoms with Gasteiger partial charge in [-0.3, -0.25) is 0 Å². The Balaban J connectivity index is 2.20. The topological polar surface area (TPSA) is 81.4 Å². The van der Waals surface area contributed by atoms with Crippen LogP contribution in [0.3, 0.4) is 0 Å². The van der Waals surface area contributed by atoms with E-state index in [1.165, 1.54) is 11.3 Å². The first-order valence-electron chi connectivity index (χ1n) is 6.35. The summed E-state index contributed by atoms with van der Waals surface area (Å²) in [4.78, 5) is 1.07. The summed E-state index contributed by atoms with van der Waals surface area (Å²) in [6.45, 7) is 4.61. The highest BCUT2D eigenvalue weighted by atomic mass is 32.2. The largest absolute Gasteiger partial charge is 0.378 e. The predicted octanol–water partition coefficient (Wildman–Crippen LogP) is 1.36. The summed E-state index contributed by atoms with van der Waals surface area (Å²) in [5.74, 6) is 0. The Hall–Kier alpha value is -0.470. The molecule has 1 fully saturated rings. The van der Waals surface area contributed by atoms with Gasteiger partial charge in [0.1, 0.15) is 4.90 Å². The molecule has 1 aromatic rings. The first-order valence-corrected chi connectivity index (χ1v) is 8.71. The van der Waals surface area contributed by atoms with Gasteiger partial charge in [-0.1, -0.05) is 0 Å². The third-order valence-corrected chi connectivity index (χ3v) is 6.26. The molecule has 0 aliphatic carbocycles. The molecule has 2 rings (SSSR count). The molecule has 1 aliphatic heterocycles. The van der Waals surface area contributed by atoms with E-state index in [0.29, 0.717) is 29.2 Å². The summed E-state index contributed by atoms with van der Waals surface area (Å²) in [7, 11) is -3.49. The summed E-state index contributed by atoms with van der Waals surface area (Å²) < 4.78 is 33.2. The number of hydrogen-bond acceptors (Lipinski definition) is 5. The molecule has 108 valence electrons. The van der Waals surface area contributed by atoms with Gasteiger partial charge >= 0.3 is 0 Å². The zero-order chi connectivity index (χ0) is 14.0. The van der Waals surface area contributed by atoms with E-state index in [9.17, 15) is 8.42 Å². The minimum absolute atomic E-state index is 0.0568. The first-order chi connectivity index (χ1) is 8.94. The van der Waals surface area contributed by atoms with Gasteiger partial charge < -0.3 is 10.5 Å². The molecule has 0 aromatic carbocycles. The minimum atomic E-state index is -3.49. The van der Waals surface area contributed by atoms with Crippen LogP contribution in [-0.4, -0.2) is 27.2 Å². The van der Waals surface area contributed by atoms with Gasteiger partial charge in [-0.25, -0.2) is 13.1 Å². The van der Waals surface area contributed by atoms with Crippen molar-refractivity contribution >= 4 is 21.4 Å². The summed E-state index contributed by atoms with van der Waals surface area (Å²) in [5, 5.41) is 1.84. The highest BCUT2D eigenvalue weighted by molar-refractivity contribution is 7.89. The maximum atomic E-state index is 12.5. The van der Waals surface area contributed by atoms with Crippen LogP contribution in [0.1, 0.15) is 30.2 Å². The number of hydrogen-bond donors (Lipinski definition) is 2. The zero-order valence-electron chi connectivity index (χ0n) is 11.2. The summed E-state index contributed by atoms with van der Waals surface area (Å²) in [6.07, 6.45) is 1.52. The van der Waals surface area contributed by atoms with Crippen molar-refractivity contribution in [2.75, 3.05) is 6.61 Å². The van der Waals surface area contributed by atoms with Gasteiger partial charge in [0.2, 0.25) is 10.0 Å². The van der Waals surface area contributed by atoms with Crippen LogP contribution in [0.25, 0.3) is 0 Å². The normalized spacial score (nSPS) is 24.6. The molecule has 0 saturated carbocycles. The molecule has 0 spiro atoms. The summed E-state index contributed by atoms with van der Waals surface area (Å²) in [5.41, 5.74) is 6.38. The fraction of sp³-hybridized carbons (Fsp3) is 0.667. The molecule has 2 unspecified atom stereocenters. The van der Waals surface area contributed by atoms with Crippen molar-refractivity contribution in [1.29, 1.82) is 0 Å². The predicted molar refractivity (Wildman–Crippen MR) is 75.7 cm³/mol. The van der Waals surface area contributed by atoms with Gasteiger partial charge in [0.15, 0.2) is 0 Å². The van der Waals surface area contributed by atoms with E-state index in [4.69, 9.17) is 10.5 Å². The summed E-state index contributed by atoms with van der Waals surface area (Å²) >= 11 is 1.40. The molecule has 19 heavy (non-hydrogen) atoms. The van der Waals surface area contributed by atoms with Crippen LogP contribution in [-0.2, 0) is 21.3 Å². The van der Waals surface area contributed by atoms with Crippen LogP contribution in [0.2, 0.25) is 0 Å². The number of rotatable bonds is 4. The minimum Gasteiger partial charge on any atom is -0.378 e. The second kappa shape index (κ2) is 5.88. The lowest BCUT2D eigenvalue weighted by atomic mass is 10.1. The third-order valence-electron chi connectivity index (χ3n) is 3.25. The fourth-order valence-corrected chi connectivity index (χ4v) is 5.36. The number of aryl methyl sites for hydroxylation is 1. The van der Waals surface area contributed by atoms with Crippen molar-refractivity contribution < 1.29 is 13.2 Å². The number of nitrogens with two attached hydrogens (primary N) is 1. The Morgan fingerprint density at radius 1 is 1.58 bits per heavy atom. The average molecular weight is 304 g/mol. The molecule has 1 aromatic heterocycles. The molecule has 7 heteroatoms. The second-order valence-corrected chi connectivity index (χ2v) is 7.51. The van der Waals surface area contributed by atoms with Crippen LogP contribution >= 0.6 is 11.3 Å². The lowest BCUT2D eigenvalue weighted by Crippen LogP contribution is -2.41. The van der Waals surface area contributed by atoms with E-state index < -0.39 is 10.0 Å². The van der Waals surface area contributed by atoms with E-state index >= 15 is 0 Å². The highest BCUT2D eigenvalue weighted by Crippen LogP contribution is 2.27. The molecule has 0 bridgehead atoms. The lowest BCUT2D eigenvalue weighted by molar-refractivity contribution is 0.0173. The smallest absolute Gasteiger partial charge is 0.242 e. The van der Waals surface area contributed by atoms with Crippen molar-refractivity contribution in [3.8, 4) is 0 Å². The van der Waals surface area contributed by atoms with Crippen molar-refractivity contribution in [2.45, 2.75) is 50.3 Å². The molecule has 1 saturated heterocycles. The van der Waals surface area contributed by atoms with Gasteiger partial charge in [0, 0.05) is 24.1 Å². The Labute approximate surface area is 118 Å². The van der Waals surface area contributed by atoms with E-state index in [1.807, 2.05) is 12.3 Å². The third kappa shape index (κ3) is 3.35. The Bertz CT molecular complexity index is 539. The molecule has 3 N–H and O–H groups in total. The molecular weight excluding hydrogens is 284 g/mol. The van der Waals surface area contributed by atoms with Crippen molar-refractivity contribution in [3.05, 3.63) is 15.8 Å². The average Bonchev–Trinajstić information content (AvgIpc) is 2.70. The molecule has 5 nitrogen and oxygen atoms in total. The SMILES string of the molecule is Cc1csc(CN)c1S(=O)(=O)NC1CCOC(C)C1. The van der Waals surface area contributed by atoms with Gasteiger partial charge in [-0.15, -0.1) is 11.3 Å². The quantitative estimate of drug-likeness (QED) is 0.880. The van der Waals surface area contributed by atoms with E-state index in [0.717, 1.165) is 5.56 Å². The molecule has 2 atom stereocenters. The Morgan fingerprint density at radius 2 is 2.32 bits per heavy atom. The summed E-state index contributed by atoms with van der Waals surface area (Å²) in [6, 6.07) is -0.0568. The Kier molecular flexibility index (Phi) is 4.62. The fourth-order valence-electron chi connectivity index (χ4n) is 2.37. The molecule has 1 aliphatic rings. The maximum Gasteiger partial charge on any atom is 0.242 e. The number of nitrogens with one attached hydrogen (secondary N) is 1. The van der Waals surface area contributed by atoms with Crippen molar-refractivity contribution in [2.24, 2.45) is 5.73 Å². The van der Waals surface area contributed by atoms with E-state index in [1.54, 1.807) is 6.92 Å². The van der Waals surface area contributed by atoms with Gasteiger partial charge in [0.25, 0.3) is 0 Å². The van der Waals surface area contributed by atoms with Gasteiger partial charge in [0.05, 0.1) is 6.10 Å².